The van der Waals surface area contributed by atoms with Crippen molar-refractivity contribution in [3.8, 4) is 0 Å². The molecule has 4 heteroatoms. The Bertz CT molecular complexity index is 60.4. The summed E-state index contributed by atoms with van der Waals surface area (Å²) in [5.41, 5.74) is -0.630. The van der Waals surface area contributed by atoms with Gasteiger partial charge in [0.1, 0.15) is 0 Å². The molecule has 0 aromatic heterocycles. The van der Waals surface area contributed by atoms with Gasteiger partial charge in [0.25, 0.3) is 0 Å². The smallest absolute Gasteiger partial charge is 0.154 e. The van der Waals surface area contributed by atoms with Crippen molar-refractivity contribution in [3.63, 3.8) is 0 Å². The van der Waals surface area contributed by atoms with Crippen LogP contribution >= 0.6 is 23.2 Å². The number of ether oxygens (including phenoxy) is 2. The molecule has 0 unspecified atom stereocenters. The van der Waals surface area contributed by atoms with Crippen LogP contribution in [0.1, 0.15) is 0 Å². The lowest BCUT2D eigenvalue weighted by Crippen LogP contribution is -2.28. The zero-order valence-electron chi connectivity index (χ0n) is 4.14. The molecule has 0 spiro atoms. The van der Waals surface area contributed by atoms with Crippen LogP contribution in [0, 0.1) is 0 Å². The van der Waals surface area contributed by atoms with Gasteiger partial charge in [-0.1, -0.05) is 23.2 Å². The predicted molar refractivity (Wildman–Crippen MR) is 31.2 cm³/mol. The fourth-order valence-electron chi connectivity index (χ4n) is 0.456. The van der Waals surface area contributed by atoms with Crippen molar-refractivity contribution in [2.75, 3.05) is 13.2 Å². The SMILES string of the molecule is Cl[C@@H]1CO[C@@H](Cl)CO1. The van der Waals surface area contributed by atoms with E-state index in [1.807, 2.05) is 0 Å². The molecule has 48 valence electrons. The monoisotopic (exact) mass is 156 g/mol. The van der Waals surface area contributed by atoms with E-state index in [0.29, 0.717) is 13.2 Å². The second-order valence-corrected chi connectivity index (χ2v) is 2.46. The van der Waals surface area contributed by atoms with E-state index in [9.17, 15) is 0 Å². The van der Waals surface area contributed by atoms with E-state index in [2.05, 4.69) is 0 Å². The largest absolute Gasteiger partial charge is 0.356 e. The summed E-state index contributed by atoms with van der Waals surface area (Å²) >= 11 is 11.0. The maximum atomic E-state index is 5.48. The van der Waals surface area contributed by atoms with E-state index in [0.717, 1.165) is 0 Å². The first-order chi connectivity index (χ1) is 3.79. The Morgan fingerprint density at radius 2 is 1.38 bits per heavy atom. The fraction of sp³-hybridized carbons (Fsp3) is 1.00. The zero-order chi connectivity index (χ0) is 5.98. The summed E-state index contributed by atoms with van der Waals surface area (Å²) < 4.78 is 9.80. The van der Waals surface area contributed by atoms with Crippen molar-refractivity contribution in [3.05, 3.63) is 0 Å². The van der Waals surface area contributed by atoms with Crippen LogP contribution in [0.5, 0.6) is 0 Å². The Morgan fingerprint density at radius 3 is 1.62 bits per heavy atom. The van der Waals surface area contributed by atoms with Gasteiger partial charge in [-0.3, -0.25) is 0 Å². The lowest BCUT2D eigenvalue weighted by atomic mass is 10.6. The molecule has 1 rings (SSSR count). The van der Waals surface area contributed by atoms with Crippen LogP contribution in [-0.2, 0) is 9.47 Å². The molecule has 0 aromatic rings. The number of alkyl halides is 2. The van der Waals surface area contributed by atoms with Gasteiger partial charge in [-0.25, -0.2) is 0 Å². The average molecular weight is 157 g/mol. The Balaban J connectivity index is 2.19. The summed E-state index contributed by atoms with van der Waals surface area (Å²) in [5.74, 6) is 0. The third-order valence-corrected chi connectivity index (χ3v) is 1.32. The van der Waals surface area contributed by atoms with Gasteiger partial charge in [-0.2, -0.15) is 0 Å². The molecule has 2 atom stereocenters. The summed E-state index contributed by atoms with van der Waals surface area (Å²) in [6.45, 7) is 0.769. The van der Waals surface area contributed by atoms with Crippen LogP contribution < -0.4 is 0 Å². The van der Waals surface area contributed by atoms with E-state index in [-0.39, 0.29) is 11.1 Å². The van der Waals surface area contributed by atoms with Crippen LogP contribution in [0.15, 0.2) is 0 Å². The summed E-state index contributed by atoms with van der Waals surface area (Å²) in [4.78, 5) is 0. The van der Waals surface area contributed by atoms with Crippen molar-refractivity contribution in [2.45, 2.75) is 11.1 Å². The van der Waals surface area contributed by atoms with Crippen molar-refractivity contribution in [1.29, 1.82) is 0 Å². The topological polar surface area (TPSA) is 18.5 Å². The van der Waals surface area contributed by atoms with Crippen molar-refractivity contribution in [2.24, 2.45) is 0 Å². The molecule has 1 aliphatic heterocycles. The highest BCUT2D eigenvalue weighted by Gasteiger charge is 2.17. The zero-order valence-corrected chi connectivity index (χ0v) is 5.65. The molecule has 0 radical (unpaired) electrons. The van der Waals surface area contributed by atoms with Gasteiger partial charge in [0.15, 0.2) is 11.1 Å². The first kappa shape index (κ1) is 6.62. The van der Waals surface area contributed by atoms with Crippen LogP contribution in [-0.4, -0.2) is 24.3 Å². The molecule has 1 saturated heterocycles. The second kappa shape index (κ2) is 2.87. The van der Waals surface area contributed by atoms with E-state index in [1.165, 1.54) is 0 Å². The molecule has 0 bridgehead atoms. The van der Waals surface area contributed by atoms with Crippen LogP contribution in [0.2, 0.25) is 0 Å². The van der Waals surface area contributed by atoms with Gasteiger partial charge < -0.3 is 9.47 Å². The number of rotatable bonds is 0. The molecule has 0 aliphatic carbocycles. The summed E-state index contributed by atoms with van der Waals surface area (Å²) in [5, 5.41) is 0. The van der Waals surface area contributed by atoms with Gasteiger partial charge in [0, 0.05) is 0 Å². The van der Waals surface area contributed by atoms with Crippen molar-refractivity contribution < 1.29 is 9.47 Å². The summed E-state index contributed by atoms with van der Waals surface area (Å²) in [6.07, 6.45) is 0. The highest BCUT2D eigenvalue weighted by molar-refractivity contribution is 6.21. The molecule has 1 fully saturated rings. The van der Waals surface area contributed by atoms with Gasteiger partial charge in [-0.05, 0) is 0 Å². The molecule has 1 aliphatic rings. The Labute approximate surface area is 57.7 Å². The maximum absolute atomic E-state index is 5.48. The number of hydrogen-bond donors (Lipinski definition) is 0. The lowest BCUT2D eigenvalue weighted by Gasteiger charge is -2.21. The van der Waals surface area contributed by atoms with Gasteiger partial charge in [0.2, 0.25) is 0 Å². The quantitative estimate of drug-likeness (QED) is 0.491. The Hall–Kier alpha value is 0.500. The normalized spacial score (nSPS) is 39.8. The Kier molecular flexibility index (Phi) is 2.38. The molecule has 8 heavy (non-hydrogen) atoms. The molecule has 2 nitrogen and oxygen atoms in total. The first-order valence-corrected chi connectivity index (χ1v) is 3.17. The van der Waals surface area contributed by atoms with Gasteiger partial charge in [0.05, 0.1) is 13.2 Å². The van der Waals surface area contributed by atoms with E-state index in [1.54, 1.807) is 0 Å². The highest BCUT2D eigenvalue weighted by Crippen LogP contribution is 2.11. The third kappa shape index (κ3) is 1.78. The first-order valence-electron chi connectivity index (χ1n) is 2.30. The van der Waals surface area contributed by atoms with E-state index in [4.69, 9.17) is 32.7 Å². The van der Waals surface area contributed by atoms with E-state index < -0.39 is 0 Å². The standard InChI is InChI=1S/C4H6Cl2O2/c5-3-1-7-4(6)2-8-3/h3-4H,1-2H2/t3-,4+. The molecule has 0 aromatic carbocycles. The molecular formula is C4H6Cl2O2. The van der Waals surface area contributed by atoms with Crippen LogP contribution in [0.4, 0.5) is 0 Å². The predicted octanol–water partition coefficient (Wildman–Crippen LogP) is 1.16. The van der Waals surface area contributed by atoms with Crippen LogP contribution in [0.25, 0.3) is 0 Å². The molecular weight excluding hydrogens is 151 g/mol. The number of hydrogen-bond acceptors (Lipinski definition) is 2. The van der Waals surface area contributed by atoms with Crippen molar-refractivity contribution >= 4 is 23.2 Å². The second-order valence-electron chi connectivity index (χ2n) is 1.49. The minimum absolute atomic E-state index is 0.315. The van der Waals surface area contributed by atoms with E-state index >= 15 is 0 Å². The Morgan fingerprint density at radius 1 is 1.00 bits per heavy atom. The molecule has 0 amide bonds. The van der Waals surface area contributed by atoms with Gasteiger partial charge in [-0.15, -0.1) is 0 Å². The number of halogens is 2. The average Bonchev–Trinajstić information content (AvgIpc) is 1.77. The summed E-state index contributed by atoms with van der Waals surface area (Å²) in [6, 6.07) is 0. The van der Waals surface area contributed by atoms with Gasteiger partial charge >= 0.3 is 0 Å². The molecule has 0 saturated carbocycles. The minimum atomic E-state index is -0.315. The summed E-state index contributed by atoms with van der Waals surface area (Å²) in [7, 11) is 0. The molecule has 1 heterocycles. The molecule has 0 N–H and O–H groups in total. The highest BCUT2D eigenvalue weighted by atomic mass is 35.5. The minimum Gasteiger partial charge on any atom is -0.356 e. The third-order valence-electron chi connectivity index (χ3n) is 0.816. The lowest BCUT2D eigenvalue weighted by molar-refractivity contribution is -0.0717. The van der Waals surface area contributed by atoms with Crippen LogP contribution in [0.3, 0.4) is 0 Å². The maximum Gasteiger partial charge on any atom is 0.154 e. The van der Waals surface area contributed by atoms with Crippen molar-refractivity contribution in [1.82, 2.24) is 0 Å². The fourth-order valence-corrected chi connectivity index (χ4v) is 0.747.